The van der Waals surface area contributed by atoms with Crippen LogP contribution >= 0.6 is 0 Å². The zero-order valence-corrected chi connectivity index (χ0v) is 19.5. The van der Waals surface area contributed by atoms with E-state index in [2.05, 4.69) is 42.8 Å². The van der Waals surface area contributed by atoms with Gasteiger partial charge in [-0.3, -0.25) is 0 Å². The maximum atomic E-state index is 13.5. The molecule has 3 aromatic rings. The molecule has 1 N–H and O–H groups in total. The van der Waals surface area contributed by atoms with Crippen LogP contribution in [0.3, 0.4) is 0 Å². The molecule has 33 heavy (non-hydrogen) atoms. The molecule has 0 atom stereocenters. The fourth-order valence-corrected chi connectivity index (χ4v) is 5.32. The second kappa shape index (κ2) is 11.0. The van der Waals surface area contributed by atoms with Crippen molar-refractivity contribution < 1.29 is 13.4 Å². The van der Waals surface area contributed by atoms with Gasteiger partial charge >= 0.3 is 0 Å². The molecule has 0 amide bonds. The van der Waals surface area contributed by atoms with Crippen molar-refractivity contribution in [2.45, 2.75) is 44.6 Å². The third kappa shape index (κ3) is 6.27. The Kier molecular flexibility index (Phi) is 7.89. The maximum absolute atomic E-state index is 13.5. The average molecular weight is 450 g/mol. The number of hydrogen-bond donors (Lipinski definition) is 1. The summed E-state index contributed by atoms with van der Waals surface area (Å²) in [6, 6.07) is 24.3. The summed E-state index contributed by atoms with van der Waals surface area (Å²) in [4.78, 5) is 0. The molecule has 1 aliphatic heterocycles. The van der Waals surface area contributed by atoms with Crippen molar-refractivity contribution in [2.75, 3.05) is 20.1 Å². The number of rotatable bonds is 9. The Hall–Kier alpha value is -2.56. The van der Waals surface area contributed by atoms with Gasteiger partial charge in [-0.25, -0.2) is 13.4 Å². The van der Waals surface area contributed by atoms with E-state index in [1.165, 1.54) is 49.1 Å². The van der Waals surface area contributed by atoms with Crippen molar-refractivity contribution in [1.82, 2.24) is 5.43 Å². The lowest BCUT2D eigenvalue weighted by Crippen LogP contribution is -2.59. The number of likely N-dealkylation sites (tertiary alicyclic amines) is 1. The Morgan fingerprint density at radius 2 is 1.36 bits per heavy atom. The zero-order valence-electron chi connectivity index (χ0n) is 19.5. The van der Waals surface area contributed by atoms with Gasteiger partial charge in [0.05, 0.1) is 13.1 Å². The predicted molar refractivity (Wildman–Crippen MR) is 130 cm³/mol. The van der Waals surface area contributed by atoms with Gasteiger partial charge in [-0.2, -0.15) is 5.43 Å². The SMILES string of the molecule is CN[N+]1(Cc2ccccc2)CCC(CCCC(c2ccc(F)cc2)c2ccc(F)cc2)CC1. The third-order valence-corrected chi connectivity index (χ3v) is 7.38. The summed E-state index contributed by atoms with van der Waals surface area (Å²) in [6.07, 6.45) is 5.76. The Morgan fingerprint density at radius 3 is 1.88 bits per heavy atom. The van der Waals surface area contributed by atoms with E-state index in [4.69, 9.17) is 0 Å². The molecule has 1 fully saturated rings. The zero-order chi connectivity index (χ0) is 23.1. The minimum atomic E-state index is -0.222. The van der Waals surface area contributed by atoms with E-state index >= 15 is 0 Å². The number of quaternary nitrogens is 1. The Morgan fingerprint density at radius 1 is 0.818 bits per heavy atom. The molecule has 174 valence electrons. The number of hydrogen-bond acceptors (Lipinski definition) is 1. The van der Waals surface area contributed by atoms with Gasteiger partial charge in [-0.1, -0.05) is 61.0 Å². The average Bonchev–Trinajstić information content (AvgIpc) is 2.85. The molecule has 2 nitrogen and oxygen atoms in total. The quantitative estimate of drug-likeness (QED) is 0.353. The van der Waals surface area contributed by atoms with E-state index in [0.29, 0.717) is 0 Å². The molecule has 0 unspecified atom stereocenters. The van der Waals surface area contributed by atoms with Gasteiger partial charge in [0, 0.05) is 31.4 Å². The summed E-state index contributed by atoms with van der Waals surface area (Å²) >= 11 is 0. The van der Waals surface area contributed by atoms with E-state index in [0.717, 1.165) is 54.1 Å². The first kappa shape index (κ1) is 23.6. The molecule has 1 heterocycles. The molecule has 1 aliphatic rings. The fraction of sp³-hybridized carbons (Fsp3) is 0.379. The normalized spacial score (nSPS) is 20.8. The number of piperidine rings is 1. The highest BCUT2D eigenvalue weighted by Gasteiger charge is 2.33. The van der Waals surface area contributed by atoms with Crippen LogP contribution in [0.4, 0.5) is 8.78 Å². The smallest absolute Gasteiger partial charge is 0.123 e. The molecule has 3 aromatic carbocycles. The molecule has 0 saturated carbocycles. The van der Waals surface area contributed by atoms with Gasteiger partial charge in [0.25, 0.3) is 0 Å². The van der Waals surface area contributed by atoms with Gasteiger partial charge in [0.15, 0.2) is 0 Å². The Labute approximate surface area is 196 Å². The third-order valence-electron chi connectivity index (χ3n) is 7.38. The molecule has 4 heteroatoms. The van der Waals surface area contributed by atoms with E-state index in [9.17, 15) is 8.78 Å². The van der Waals surface area contributed by atoms with Crippen molar-refractivity contribution in [2.24, 2.45) is 5.92 Å². The van der Waals surface area contributed by atoms with Crippen molar-refractivity contribution >= 4 is 0 Å². The predicted octanol–water partition coefficient (Wildman–Crippen LogP) is 6.83. The van der Waals surface area contributed by atoms with Crippen LogP contribution in [0.1, 0.15) is 54.7 Å². The minimum Gasteiger partial charge on any atom is -0.242 e. The highest BCUT2D eigenvalue weighted by Crippen LogP contribution is 2.33. The lowest BCUT2D eigenvalue weighted by Gasteiger charge is -2.42. The lowest BCUT2D eigenvalue weighted by atomic mass is 9.84. The summed E-state index contributed by atoms with van der Waals surface area (Å²) in [5.74, 6) is 0.462. The molecule has 1 saturated heterocycles. The monoisotopic (exact) mass is 449 g/mol. The topological polar surface area (TPSA) is 12.0 Å². The van der Waals surface area contributed by atoms with Crippen LogP contribution < -0.4 is 5.43 Å². The highest BCUT2D eigenvalue weighted by atomic mass is 19.1. The van der Waals surface area contributed by atoms with Crippen molar-refractivity contribution in [3.63, 3.8) is 0 Å². The highest BCUT2D eigenvalue weighted by molar-refractivity contribution is 5.32. The molecule has 0 spiro atoms. The lowest BCUT2D eigenvalue weighted by molar-refractivity contribution is -0.984. The van der Waals surface area contributed by atoms with Gasteiger partial charge in [0.2, 0.25) is 0 Å². The summed E-state index contributed by atoms with van der Waals surface area (Å²) in [5, 5.41) is 0. The van der Waals surface area contributed by atoms with Gasteiger partial charge in [0.1, 0.15) is 18.2 Å². The largest absolute Gasteiger partial charge is 0.242 e. The van der Waals surface area contributed by atoms with Crippen molar-refractivity contribution in [1.29, 1.82) is 0 Å². The second-order valence-corrected chi connectivity index (χ2v) is 9.49. The van der Waals surface area contributed by atoms with Crippen LogP contribution in [0, 0.1) is 17.6 Å². The van der Waals surface area contributed by atoms with E-state index in [1.54, 1.807) is 0 Å². The Bertz CT molecular complexity index is 933. The van der Waals surface area contributed by atoms with E-state index in [1.807, 2.05) is 24.3 Å². The van der Waals surface area contributed by atoms with E-state index in [-0.39, 0.29) is 17.6 Å². The molecule has 0 aliphatic carbocycles. The number of halogens is 2. The second-order valence-electron chi connectivity index (χ2n) is 9.49. The van der Waals surface area contributed by atoms with Gasteiger partial charge in [-0.15, -0.1) is 0 Å². The molecule has 0 bridgehead atoms. The molecule has 0 radical (unpaired) electrons. The summed E-state index contributed by atoms with van der Waals surface area (Å²) in [5.41, 5.74) is 7.17. The van der Waals surface area contributed by atoms with Crippen LogP contribution in [0.5, 0.6) is 0 Å². The van der Waals surface area contributed by atoms with E-state index < -0.39 is 0 Å². The molecular weight excluding hydrogens is 414 g/mol. The molecule has 0 aromatic heterocycles. The van der Waals surface area contributed by atoms with Gasteiger partial charge in [-0.05, 0) is 54.2 Å². The van der Waals surface area contributed by atoms with Crippen LogP contribution in [0.2, 0.25) is 0 Å². The van der Waals surface area contributed by atoms with Crippen LogP contribution in [-0.2, 0) is 6.54 Å². The van der Waals surface area contributed by atoms with Crippen LogP contribution in [-0.4, -0.2) is 24.7 Å². The first-order chi connectivity index (χ1) is 16.1. The van der Waals surface area contributed by atoms with Crippen molar-refractivity contribution in [3.05, 3.63) is 107 Å². The Balaban J connectivity index is 1.34. The number of nitrogens with one attached hydrogen (secondary N) is 1. The van der Waals surface area contributed by atoms with Crippen LogP contribution in [0.15, 0.2) is 78.9 Å². The fourth-order valence-electron chi connectivity index (χ4n) is 5.32. The number of nitrogens with zero attached hydrogens (tertiary/aromatic N) is 1. The van der Waals surface area contributed by atoms with Gasteiger partial charge < -0.3 is 0 Å². The first-order valence-corrected chi connectivity index (χ1v) is 12.2. The van der Waals surface area contributed by atoms with Crippen LogP contribution in [0.25, 0.3) is 0 Å². The molecule has 4 rings (SSSR count). The maximum Gasteiger partial charge on any atom is 0.123 e. The summed E-state index contributed by atoms with van der Waals surface area (Å²) in [6.45, 7) is 3.33. The standard InChI is InChI=1S/C29H35F2N2/c1-32-33(22-24-6-3-2-4-7-24)20-18-23(19-21-33)8-5-9-29(25-10-14-27(30)15-11-25)26-12-16-28(31)17-13-26/h2-4,6-7,10-17,23,29,32H,5,8-9,18-22H2,1H3/q+1. The number of benzene rings is 3. The summed E-state index contributed by atoms with van der Waals surface area (Å²) in [7, 11) is 2.08. The minimum absolute atomic E-state index is 0.167. The van der Waals surface area contributed by atoms with Crippen molar-refractivity contribution in [3.8, 4) is 0 Å². The first-order valence-electron chi connectivity index (χ1n) is 12.2. The summed E-state index contributed by atoms with van der Waals surface area (Å²) < 4.78 is 27.9. The molecular formula is C29H35F2N2+.